The van der Waals surface area contributed by atoms with Crippen LogP contribution in [-0.4, -0.2) is 84.1 Å². The summed E-state index contributed by atoms with van der Waals surface area (Å²) in [7, 11) is 0. The number of carbonyl (C=O) groups excluding carboxylic acids is 6. The number of hydrogen-bond donors (Lipinski definition) is 8. The number of guanidine groups is 1. The molecule has 1 rings (SSSR count). The quantitative estimate of drug-likeness (QED) is 0.0942. The molecule has 6 amide bonds. The van der Waals surface area contributed by atoms with Gasteiger partial charge < -0.3 is 44.2 Å². The highest BCUT2D eigenvalue weighted by molar-refractivity contribution is 7.99. The first kappa shape index (κ1) is 28.5. The molecule has 1 aliphatic rings. The Morgan fingerprint density at radius 2 is 1.62 bits per heavy atom. The number of primary amides is 2. The lowest BCUT2D eigenvalue weighted by Crippen LogP contribution is -2.56. The highest BCUT2D eigenvalue weighted by Crippen LogP contribution is 2.07. The van der Waals surface area contributed by atoms with Crippen molar-refractivity contribution in [2.75, 3.05) is 24.6 Å². The second-order valence-electron chi connectivity index (χ2n) is 7.37. The van der Waals surface area contributed by atoms with Gasteiger partial charge in [-0.2, -0.15) is 11.8 Å². The van der Waals surface area contributed by atoms with Gasteiger partial charge in [-0.05, 0) is 12.8 Å². The lowest BCUT2D eigenvalue weighted by atomic mass is 10.1. The van der Waals surface area contributed by atoms with E-state index in [1.165, 1.54) is 11.8 Å². The van der Waals surface area contributed by atoms with Crippen molar-refractivity contribution in [3.8, 4) is 0 Å². The van der Waals surface area contributed by atoms with E-state index in [9.17, 15) is 28.8 Å². The summed E-state index contributed by atoms with van der Waals surface area (Å²) in [6, 6.07) is -3.39. The van der Waals surface area contributed by atoms with Crippen molar-refractivity contribution in [3.63, 3.8) is 0 Å². The lowest BCUT2D eigenvalue weighted by Gasteiger charge is -2.23. The van der Waals surface area contributed by atoms with Gasteiger partial charge in [0.05, 0.1) is 13.0 Å². The SMILES string of the molecule is NC(=O)C[C@@H]1NC(=O)CCSC[C@@H](C(N)=O)NC(=O)[C@H](CCCN=C(N)N)NC(=O)CNC1=O. The smallest absolute Gasteiger partial charge is 0.243 e. The lowest BCUT2D eigenvalue weighted by molar-refractivity contribution is -0.133. The van der Waals surface area contributed by atoms with Crippen molar-refractivity contribution in [1.82, 2.24) is 21.3 Å². The molecule has 1 saturated heterocycles. The third-order valence-electron chi connectivity index (χ3n) is 4.50. The standard InChI is InChI=1S/C18H31N9O6S/c19-12(28)6-10-16(32)24-7-14(30)25-9(2-1-4-23-18(21)22)17(33)27-11(15(20)31)8-34-5-3-13(29)26-10/h9-11H,1-8H2,(H2,19,28)(H2,20,31)(H,24,32)(H,25,30)(H,26,29)(H,27,33)(H4,21,22,23)/t9-,10-,11-/m0/s1. The van der Waals surface area contributed by atoms with Gasteiger partial charge in [-0.25, -0.2) is 0 Å². The maximum atomic E-state index is 12.8. The van der Waals surface area contributed by atoms with E-state index in [-0.39, 0.29) is 36.9 Å². The van der Waals surface area contributed by atoms with Gasteiger partial charge in [0.15, 0.2) is 5.96 Å². The van der Waals surface area contributed by atoms with Crippen molar-refractivity contribution in [2.45, 2.75) is 43.8 Å². The average Bonchev–Trinajstić information content (AvgIpc) is 2.74. The zero-order valence-electron chi connectivity index (χ0n) is 18.5. The third-order valence-corrected chi connectivity index (χ3v) is 5.56. The monoisotopic (exact) mass is 501 g/mol. The molecule has 1 aliphatic heterocycles. The fraction of sp³-hybridized carbons (Fsp3) is 0.611. The normalized spacial score (nSPS) is 23.0. The minimum Gasteiger partial charge on any atom is -0.370 e. The van der Waals surface area contributed by atoms with Crippen LogP contribution in [0.3, 0.4) is 0 Å². The number of hydrogen-bond acceptors (Lipinski definition) is 8. The Morgan fingerprint density at radius 3 is 2.24 bits per heavy atom. The van der Waals surface area contributed by atoms with Crippen LogP contribution >= 0.6 is 11.8 Å². The molecular weight excluding hydrogens is 470 g/mol. The summed E-state index contributed by atoms with van der Waals surface area (Å²) in [5, 5.41) is 9.65. The van der Waals surface area contributed by atoms with Crippen molar-refractivity contribution in [1.29, 1.82) is 0 Å². The van der Waals surface area contributed by atoms with Crippen LogP contribution in [0.4, 0.5) is 0 Å². The first-order valence-electron chi connectivity index (χ1n) is 10.4. The molecule has 0 unspecified atom stereocenters. The van der Waals surface area contributed by atoms with Crippen LogP contribution in [0.5, 0.6) is 0 Å². The Kier molecular flexibility index (Phi) is 12.2. The highest BCUT2D eigenvalue weighted by atomic mass is 32.2. The van der Waals surface area contributed by atoms with E-state index in [1.54, 1.807) is 0 Å². The van der Waals surface area contributed by atoms with E-state index < -0.39 is 66.5 Å². The van der Waals surface area contributed by atoms with Crippen molar-refractivity contribution >= 4 is 53.2 Å². The van der Waals surface area contributed by atoms with Crippen LogP contribution in [-0.2, 0) is 28.8 Å². The van der Waals surface area contributed by atoms with Gasteiger partial charge in [-0.1, -0.05) is 0 Å². The van der Waals surface area contributed by atoms with Crippen molar-refractivity contribution in [2.24, 2.45) is 27.9 Å². The summed E-state index contributed by atoms with van der Waals surface area (Å²) >= 11 is 1.17. The molecule has 3 atom stereocenters. The number of carbonyl (C=O) groups is 6. The van der Waals surface area contributed by atoms with Crippen LogP contribution in [0.25, 0.3) is 0 Å². The number of thioether (sulfide) groups is 1. The van der Waals surface area contributed by atoms with E-state index >= 15 is 0 Å². The van der Waals surface area contributed by atoms with Crippen LogP contribution in [0.1, 0.15) is 25.7 Å². The summed E-state index contributed by atoms with van der Waals surface area (Å²) in [5.41, 5.74) is 21.1. The summed E-state index contributed by atoms with van der Waals surface area (Å²) in [6.45, 7) is -0.348. The van der Waals surface area contributed by atoms with Crippen LogP contribution in [0.15, 0.2) is 4.99 Å². The maximum absolute atomic E-state index is 12.8. The molecule has 0 saturated carbocycles. The maximum Gasteiger partial charge on any atom is 0.243 e. The van der Waals surface area contributed by atoms with Gasteiger partial charge in [0.2, 0.25) is 35.4 Å². The zero-order chi connectivity index (χ0) is 25.7. The fourth-order valence-electron chi connectivity index (χ4n) is 2.82. The first-order valence-corrected chi connectivity index (χ1v) is 11.5. The summed E-state index contributed by atoms with van der Waals surface area (Å²) in [4.78, 5) is 76.5. The summed E-state index contributed by atoms with van der Waals surface area (Å²) < 4.78 is 0. The molecule has 0 spiro atoms. The zero-order valence-corrected chi connectivity index (χ0v) is 19.3. The molecule has 15 nitrogen and oxygen atoms in total. The molecule has 0 aromatic carbocycles. The van der Waals surface area contributed by atoms with Crippen LogP contribution in [0.2, 0.25) is 0 Å². The molecule has 1 fully saturated rings. The fourth-order valence-corrected chi connectivity index (χ4v) is 3.80. The first-order chi connectivity index (χ1) is 16.0. The Balaban J connectivity index is 3.02. The number of aliphatic imine (C=N–C) groups is 1. The van der Waals surface area contributed by atoms with E-state index in [1.807, 2.05) is 0 Å². The van der Waals surface area contributed by atoms with Crippen LogP contribution in [0, 0.1) is 0 Å². The molecule has 0 aromatic rings. The number of amides is 6. The van der Waals surface area contributed by atoms with Gasteiger partial charge >= 0.3 is 0 Å². The van der Waals surface area contributed by atoms with Crippen molar-refractivity contribution in [3.05, 3.63) is 0 Å². The predicted molar refractivity (Wildman–Crippen MR) is 124 cm³/mol. The van der Waals surface area contributed by atoms with E-state index in [0.29, 0.717) is 6.42 Å². The highest BCUT2D eigenvalue weighted by Gasteiger charge is 2.27. The average molecular weight is 502 g/mol. The van der Waals surface area contributed by atoms with E-state index in [4.69, 9.17) is 22.9 Å². The molecule has 0 aromatic heterocycles. The minimum atomic E-state index is -1.27. The van der Waals surface area contributed by atoms with Gasteiger partial charge in [-0.3, -0.25) is 33.8 Å². The number of nitrogens with one attached hydrogen (secondary N) is 4. The van der Waals surface area contributed by atoms with Gasteiger partial charge in [0.1, 0.15) is 18.1 Å². The Morgan fingerprint density at radius 1 is 0.941 bits per heavy atom. The van der Waals surface area contributed by atoms with Gasteiger partial charge in [-0.15, -0.1) is 0 Å². The molecule has 190 valence electrons. The Bertz CT molecular complexity index is 818. The van der Waals surface area contributed by atoms with Crippen LogP contribution < -0.4 is 44.2 Å². The molecule has 16 heteroatoms. The molecule has 34 heavy (non-hydrogen) atoms. The molecule has 0 aliphatic carbocycles. The molecule has 0 radical (unpaired) electrons. The topological polar surface area (TPSA) is 267 Å². The Labute approximate surface area is 199 Å². The van der Waals surface area contributed by atoms with Crippen molar-refractivity contribution < 1.29 is 28.8 Å². The third kappa shape index (κ3) is 11.3. The van der Waals surface area contributed by atoms with E-state index in [0.717, 1.165) is 0 Å². The van der Waals surface area contributed by atoms with Gasteiger partial charge in [0, 0.05) is 24.5 Å². The summed E-state index contributed by atoms with van der Waals surface area (Å²) in [6.07, 6.45) is -0.0565. The largest absolute Gasteiger partial charge is 0.370 e. The molecule has 1 heterocycles. The number of nitrogens with two attached hydrogens (primary N) is 4. The molecule has 12 N–H and O–H groups in total. The Hall–Kier alpha value is -3.56. The minimum absolute atomic E-state index is 0.0411. The number of nitrogens with zero attached hydrogens (tertiary/aromatic N) is 1. The predicted octanol–water partition coefficient (Wildman–Crippen LogP) is -4.89. The second-order valence-corrected chi connectivity index (χ2v) is 8.52. The molecule has 0 bridgehead atoms. The number of rotatable bonds is 7. The van der Waals surface area contributed by atoms with Gasteiger partial charge in [0.25, 0.3) is 0 Å². The summed E-state index contributed by atoms with van der Waals surface area (Å²) in [5.74, 6) is -4.13. The second kappa shape index (κ2) is 14.6. The molecular formula is C18H31N9O6S. The van der Waals surface area contributed by atoms with E-state index in [2.05, 4.69) is 26.3 Å².